The number of benzene rings is 2. The molecule has 2 aliphatic heterocycles. The van der Waals surface area contributed by atoms with Crippen LogP contribution < -0.4 is 10.2 Å². The van der Waals surface area contributed by atoms with Gasteiger partial charge in [-0.15, -0.1) is 0 Å². The summed E-state index contributed by atoms with van der Waals surface area (Å²) in [4.78, 5) is 26.2. The van der Waals surface area contributed by atoms with Gasteiger partial charge in [-0.2, -0.15) is 0 Å². The lowest BCUT2D eigenvalue weighted by atomic mass is 10.1. The molecule has 0 radical (unpaired) electrons. The largest absolute Gasteiger partial charge is 0.327 e. The summed E-state index contributed by atoms with van der Waals surface area (Å²) in [5.41, 5.74) is 2.73. The predicted octanol–water partition coefficient (Wildman–Crippen LogP) is 2.09. The van der Waals surface area contributed by atoms with Crippen molar-refractivity contribution in [2.24, 2.45) is 0 Å². The zero-order chi connectivity index (χ0) is 13.0. The molecule has 2 amide bonds. The standard InChI is InChI=1S/C15H10N2O2/c18-14-11-7-3-4-8-12(11)17-13(16-14)9-5-1-2-6-10(9)15(17)19/h1-8,13H,(H,16,18)/t13-/m0/s1. The van der Waals surface area contributed by atoms with E-state index >= 15 is 0 Å². The van der Waals surface area contributed by atoms with E-state index in [1.807, 2.05) is 30.3 Å². The van der Waals surface area contributed by atoms with Gasteiger partial charge in [0.15, 0.2) is 0 Å². The van der Waals surface area contributed by atoms with Crippen LogP contribution in [-0.2, 0) is 0 Å². The van der Waals surface area contributed by atoms with E-state index in [2.05, 4.69) is 5.32 Å². The number of para-hydroxylation sites is 1. The Hall–Kier alpha value is -2.62. The quantitative estimate of drug-likeness (QED) is 0.778. The highest BCUT2D eigenvalue weighted by molar-refractivity contribution is 6.16. The van der Waals surface area contributed by atoms with Crippen LogP contribution in [0.3, 0.4) is 0 Å². The molecule has 4 rings (SSSR count). The molecule has 4 heteroatoms. The number of hydrogen-bond acceptors (Lipinski definition) is 2. The minimum absolute atomic E-state index is 0.0620. The van der Waals surface area contributed by atoms with E-state index in [0.29, 0.717) is 16.8 Å². The Kier molecular flexibility index (Phi) is 1.87. The van der Waals surface area contributed by atoms with Crippen molar-refractivity contribution >= 4 is 17.5 Å². The van der Waals surface area contributed by atoms with Crippen LogP contribution in [0.15, 0.2) is 48.5 Å². The highest BCUT2D eigenvalue weighted by Gasteiger charge is 2.42. The third-order valence-electron chi connectivity index (χ3n) is 3.64. The average molecular weight is 250 g/mol. The molecule has 1 atom stereocenters. The summed E-state index contributed by atoms with van der Waals surface area (Å²) in [6.45, 7) is 0. The Morgan fingerprint density at radius 1 is 0.895 bits per heavy atom. The summed E-state index contributed by atoms with van der Waals surface area (Å²) in [5, 5.41) is 2.89. The van der Waals surface area contributed by atoms with Crippen LogP contribution >= 0.6 is 0 Å². The maximum Gasteiger partial charge on any atom is 0.260 e. The first-order chi connectivity index (χ1) is 9.27. The third kappa shape index (κ3) is 1.23. The average Bonchev–Trinajstić information content (AvgIpc) is 2.73. The van der Waals surface area contributed by atoms with Gasteiger partial charge in [0.25, 0.3) is 11.8 Å². The lowest BCUT2D eigenvalue weighted by Crippen LogP contribution is -2.45. The van der Waals surface area contributed by atoms with E-state index < -0.39 is 0 Å². The fourth-order valence-electron chi connectivity index (χ4n) is 2.78. The predicted molar refractivity (Wildman–Crippen MR) is 69.9 cm³/mol. The Bertz CT molecular complexity index is 724. The van der Waals surface area contributed by atoms with Gasteiger partial charge in [-0.25, -0.2) is 0 Å². The molecule has 0 fully saturated rings. The zero-order valence-electron chi connectivity index (χ0n) is 9.96. The SMILES string of the molecule is O=C1N[C@@H]2c3ccccc3C(=O)N2c2ccccc21. The number of anilines is 1. The lowest BCUT2D eigenvalue weighted by molar-refractivity contribution is 0.0912. The molecule has 19 heavy (non-hydrogen) atoms. The highest BCUT2D eigenvalue weighted by atomic mass is 16.2. The number of carbonyl (C=O) groups is 2. The number of nitrogens with one attached hydrogen (secondary N) is 1. The molecule has 0 spiro atoms. The van der Waals surface area contributed by atoms with Gasteiger partial charge in [-0.1, -0.05) is 30.3 Å². The summed E-state index contributed by atoms with van der Waals surface area (Å²) < 4.78 is 0. The van der Waals surface area contributed by atoms with Crippen molar-refractivity contribution in [1.82, 2.24) is 5.32 Å². The Balaban J connectivity index is 1.97. The molecule has 92 valence electrons. The monoisotopic (exact) mass is 250 g/mol. The van der Waals surface area contributed by atoms with Crippen molar-refractivity contribution in [2.45, 2.75) is 6.17 Å². The van der Waals surface area contributed by atoms with Gasteiger partial charge in [0.1, 0.15) is 6.17 Å². The van der Waals surface area contributed by atoms with Crippen LogP contribution in [0.1, 0.15) is 32.4 Å². The zero-order valence-corrected chi connectivity index (χ0v) is 9.96. The van der Waals surface area contributed by atoms with E-state index in [9.17, 15) is 9.59 Å². The molecule has 1 N–H and O–H groups in total. The van der Waals surface area contributed by atoms with E-state index in [4.69, 9.17) is 0 Å². The highest BCUT2D eigenvalue weighted by Crippen LogP contribution is 2.40. The molecule has 2 heterocycles. The molecule has 0 saturated heterocycles. The molecule has 0 bridgehead atoms. The second kappa shape index (κ2) is 3.45. The van der Waals surface area contributed by atoms with Crippen LogP contribution in [0, 0.1) is 0 Å². The van der Waals surface area contributed by atoms with Crippen molar-refractivity contribution in [3.05, 3.63) is 65.2 Å². The molecule has 2 aliphatic rings. The number of rotatable bonds is 0. The normalized spacial score (nSPS) is 19.6. The first-order valence-electron chi connectivity index (χ1n) is 6.10. The van der Waals surface area contributed by atoms with Gasteiger partial charge in [0, 0.05) is 11.1 Å². The van der Waals surface area contributed by atoms with E-state index in [0.717, 1.165) is 5.56 Å². The molecule has 2 aromatic carbocycles. The van der Waals surface area contributed by atoms with Crippen molar-refractivity contribution in [3.8, 4) is 0 Å². The van der Waals surface area contributed by atoms with Gasteiger partial charge in [0.05, 0.1) is 11.3 Å². The Labute approximate surface area is 109 Å². The second-order valence-corrected chi connectivity index (χ2v) is 4.66. The molecule has 0 aromatic heterocycles. The van der Waals surface area contributed by atoms with Crippen molar-refractivity contribution in [3.63, 3.8) is 0 Å². The number of hydrogen-bond donors (Lipinski definition) is 1. The minimum Gasteiger partial charge on any atom is -0.327 e. The van der Waals surface area contributed by atoms with Crippen LogP contribution in [-0.4, -0.2) is 11.8 Å². The van der Waals surface area contributed by atoms with Gasteiger partial charge >= 0.3 is 0 Å². The lowest BCUT2D eigenvalue weighted by Gasteiger charge is -2.32. The first-order valence-corrected chi connectivity index (χ1v) is 6.10. The molecular formula is C15H10N2O2. The van der Waals surface area contributed by atoms with Crippen LogP contribution in [0.25, 0.3) is 0 Å². The summed E-state index contributed by atoms with van der Waals surface area (Å²) in [6, 6.07) is 14.6. The number of carbonyl (C=O) groups excluding carboxylic acids is 2. The molecule has 4 nitrogen and oxygen atoms in total. The Morgan fingerprint density at radius 2 is 1.58 bits per heavy atom. The molecule has 0 aliphatic carbocycles. The van der Waals surface area contributed by atoms with Gasteiger partial charge in [0.2, 0.25) is 0 Å². The summed E-state index contributed by atoms with van der Waals surface area (Å²) in [6.07, 6.45) is -0.383. The number of nitrogens with zero attached hydrogens (tertiary/aromatic N) is 1. The smallest absolute Gasteiger partial charge is 0.260 e. The van der Waals surface area contributed by atoms with Gasteiger partial charge in [-0.3, -0.25) is 14.5 Å². The fourth-order valence-corrected chi connectivity index (χ4v) is 2.78. The number of fused-ring (bicyclic) bond motifs is 5. The fraction of sp³-hybridized carbons (Fsp3) is 0.0667. The summed E-state index contributed by atoms with van der Waals surface area (Å²) in [5.74, 6) is -0.200. The molecule has 0 unspecified atom stereocenters. The van der Waals surface area contributed by atoms with Gasteiger partial charge in [-0.05, 0) is 18.2 Å². The van der Waals surface area contributed by atoms with E-state index in [1.54, 1.807) is 23.1 Å². The third-order valence-corrected chi connectivity index (χ3v) is 3.64. The van der Waals surface area contributed by atoms with Gasteiger partial charge < -0.3 is 5.32 Å². The second-order valence-electron chi connectivity index (χ2n) is 4.66. The Morgan fingerprint density at radius 3 is 2.42 bits per heavy atom. The summed E-state index contributed by atoms with van der Waals surface area (Å²) in [7, 11) is 0. The van der Waals surface area contributed by atoms with Crippen LogP contribution in [0.2, 0.25) is 0 Å². The van der Waals surface area contributed by atoms with Crippen molar-refractivity contribution < 1.29 is 9.59 Å². The van der Waals surface area contributed by atoms with Crippen LogP contribution in [0.5, 0.6) is 0 Å². The molecular weight excluding hydrogens is 240 g/mol. The molecule has 2 aromatic rings. The maximum atomic E-state index is 12.5. The van der Waals surface area contributed by atoms with Crippen molar-refractivity contribution in [1.29, 1.82) is 0 Å². The van der Waals surface area contributed by atoms with E-state index in [1.165, 1.54) is 0 Å². The minimum atomic E-state index is -0.383. The maximum absolute atomic E-state index is 12.5. The van der Waals surface area contributed by atoms with E-state index in [-0.39, 0.29) is 18.0 Å². The topological polar surface area (TPSA) is 49.4 Å². The first kappa shape index (κ1) is 10.3. The van der Waals surface area contributed by atoms with Crippen LogP contribution in [0.4, 0.5) is 5.69 Å². The molecule has 0 saturated carbocycles. The van der Waals surface area contributed by atoms with Crippen molar-refractivity contribution in [2.75, 3.05) is 4.90 Å². The number of amides is 2. The summed E-state index contributed by atoms with van der Waals surface area (Å²) >= 11 is 0.